The highest BCUT2D eigenvalue weighted by atomic mass is 35.5. The molecule has 0 saturated carbocycles. The van der Waals surface area contributed by atoms with Crippen LogP contribution in [0.3, 0.4) is 0 Å². The number of ether oxygens (including phenoxy) is 1. The van der Waals surface area contributed by atoms with E-state index in [1.165, 1.54) is 13.1 Å². The fraction of sp³-hybridized carbons (Fsp3) is 0.300. The van der Waals surface area contributed by atoms with Crippen LogP contribution in [0.2, 0.25) is 5.02 Å². The average Bonchev–Trinajstić information content (AvgIpc) is 2.67. The lowest BCUT2D eigenvalue weighted by Crippen LogP contribution is -2.36. The Hall–Kier alpha value is -2.77. The maximum Gasteiger partial charge on any atom is 0.319 e. The fourth-order valence-electron chi connectivity index (χ4n) is 2.72. The van der Waals surface area contributed by atoms with E-state index in [1.54, 1.807) is 19.2 Å². The highest BCUT2D eigenvalue weighted by Crippen LogP contribution is 2.23. The van der Waals surface area contributed by atoms with Crippen molar-refractivity contribution < 1.29 is 14.3 Å². The molecule has 0 heterocycles. The minimum absolute atomic E-state index is 0.0277. The highest BCUT2D eigenvalue weighted by Gasteiger charge is 2.16. The van der Waals surface area contributed by atoms with Gasteiger partial charge in [0, 0.05) is 19.3 Å². The van der Waals surface area contributed by atoms with Crippen LogP contribution in [0.4, 0.5) is 10.5 Å². The minimum Gasteiger partial charge on any atom is -0.497 e. The molecule has 8 heteroatoms. The molecule has 0 aliphatic rings. The van der Waals surface area contributed by atoms with Gasteiger partial charge in [-0.25, -0.2) is 4.79 Å². The number of nitrogens with zero attached hydrogens (tertiary/aromatic N) is 1. The van der Waals surface area contributed by atoms with E-state index in [2.05, 4.69) is 16.0 Å². The third kappa shape index (κ3) is 5.61. The number of hydrogen-bond donors (Lipinski definition) is 3. The first kappa shape index (κ1) is 21.5. The third-order valence-corrected chi connectivity index (χ3v) is 4.57. The number of carbonyl (C=O) groups is 2. The van der Waals surface area contributed by atoms with Crippen molar-refractivity contribution in [1.29, 1.82) is 0 Å². The molecule has 7 nitrogen and oxygen atoms in total. The molecule has 0 saturated heterocycles. The van der Waals surface area contributed by atoms with Crippen LogP contribution in [-0.4, -0.2) is 51.6 Å². The van der Waals surface area contributed by atoms with Gasteiger partial charge in [0.1, 0.15) is 5.75 Å². The van der Waals surface area contributed by atoms with E-state index >= 15 is 0 Å². The second kappa shape index (κ2) is 9.96. The van der Waals surface area contributed by atoms with Gasteiger partial charge in [-0.05, 0) is 50.0 Å². The molecule has 1 atom stereocenters. The van der Waals surface area contributed by atoms with E-state index < -0.39 is 0 Å². The Morgan fingerprint density at radius 3 is 2.54 bits per heavy atom. The standard InChI is InChI=1S/C20H25ClN4O3/c1-22-19(26)16-9-8-14(11-17(16)21)24-20(27)23-12-18(25(2)3)13-6-5-7-15(10-13)28-4/h5-11,18H,12H2,1-4H3,(H,22,26)(H2,23,24,27). The predicted molar refractivity (Wildman–Crippen MR) is 111 cm³/mol. The van der Waals surface area contributed by atoms with Crippen molar-refractivity contribution in [3.05, 3.63) is 58.6 Å². The highest BCUT2D eigenvalue weighted by molar-refractivity contribution is 6.34. The molecular weight excluding hydrogens is 380 g/mol. The zero-order valence-corrected chi connectivity index (χ0v) is 17.1. The van der Waals surface area contributed by atoms with E-state index in [-0.39, 0.29) is 23.0 Å². The van der Waals surface area contributed by atoms with Gasteiger partial charge in [-0.1, -0.05) is 23.7 Å². The van der Waals surface area contributed by atoms with Crippen LogP contribution in [0.25, 0.3) is 0 Å². The average molecular weight is 405 g/mol. The molecule has 0 spiro atoms. The van der Waals surface area contributed by atoms with Crippen LogP contribution in [0.15, 0.2) is 42.5 Å². The fourth-order valence-corrected chi connectivity index (χ4v) is 2.99. The van der Waals surface area contributed by atoms with Crippen LogP contribution >= 0.6 is 11.6 Å². The zero-order valence-electron chi connectivity index (χ0n) is 16.4. The summed E-state index contributed by atoms with van der Waals surface area (Å²) in [5.41, 5.74) is 1.88. The Labute approximate surface area is 170 Å². The van der Waals surface area contributed by atoms with Crippen LogP contribution in [-0.2, 0) is 0 Å². The Morgan fingerprint density at radius 1 is 1.18 bits per heavy atom. The molecule has 2 aromatic carbocycles. The van der Waals surface area contributed by atoms with Gasteiger partial charge in [0.15, 0.2) is 0 Å². The summed E-state index contributed by atoms with van der Waals surface area (Å²) in [6.45, 7) is 0.399. The van der Waals surface area contributed by atoms with Crippen molar-refractivity contribution in [1.82, 2.24) is 15.5 Å². The summed E-state index contributed by atoms with van der Waals surface area (Å²) in [6.07, 6.45) is 0. The van der Waals surface area contributed by atoms with Gasteiger partial charge in [-0.3, -0.25) is 4.79 Å². The summed E-state index contributed by atoms with van der Waals surface area (Å²) in [5, 5.41) is 8.36. The number of rotatable bonds is 7. The van der Waals surface area contributed by atoms with Crippen LogP contribution < -0.4 is 20.7 Å². The number of likely N-dealkylation sites (N-methyl/N-ethyl adjacent to an activating group) is 1. The first-order valence-corrected chi connectivity index (χ1v) is 9.10. The van der Waals surface area contributed by atoms with Crippen molar-refractivity contribution in [2.24, 2.45) is 0 Å². The molecule has 150 valence electrons. The van der Waals surface area contributed by atoms with Gasteiger partial charge >= 0.3 is 6.03 Å². The number of carbonyl (C=O) groups excluding carboxylic acids is 2. The van der Waals surface area contributed by atoms with E-state index in [9.17, 15) is 9.59 Å². The molecule has 0 fully saturated rings. The molecule has 2 rings (SSSR count). The smallest absolute Gasteiger partial charge is 0.319 e. The number of hydrogen-bond acceptors (Lipinski definition) is 4. The second-order valence-corrected chi connectivity index (χ2v) is 6.77. The van der Waals surface area contributed by atoms with Crippen molar-refractivity contribution >= 4 is 29.2 Å². The number of urea groups is 1. The largest absolute Gasteiger partial charge is 0.497 e. The Kier molecular flexibility index (Phi) is 7.66. The van der Waals surface area contributed by atoms with Crippen molar-refractivity contribution in [3.8, 4) is 5.75 Å². The summed E-state index contributed by atoms with van der Waals surface area (Å²) >= 11 is 6.11. The van der Waals surface area contributed by atoms with Crippen LogP contribution in [0.1, 0.15) is 22.0 Å². The summed E-state index contributed by atoms with van der Waals surface area (Å²) < 4.78 is 5.28. The molecule has 0 aliphatic carbocycles. The maximum atomic E-state index is 12.3. The molecule has 0 bridgehead atoms. The van der Waals surface area contributed by atoms with Gasteiger partial charge in [0.2, 0.25) is 0 Å². The zero-order chi connectivity index (χ0) is 20.7. The monoisotopic (exact) mass is 404 g/mol. The molecule has 28 heavy (non-hydrogen) atoms. The number of anilines is 1. The van der Waals surface area contributed by atoms with Gasteiger partial charge in [0.25, 0.3) is 5.91 Å². The number of nitrogens with one attached hydrogen (secondary N) is 3. The molecule has 3 N–H and O–H groups in total. The third-order valence-electron chi connectivity index (χ3n) is 4.26. The second-order valence-electron chi connectivity index (χ2n) is 6.36. The maximum absolute atomic E-state index is 12.3. The number of halogens is 1. The molecule has 3 amide bonds. The molecule has 0 aliphatic heterocycles. The minimum atomic E-state index is -0.362. The van der Waals surface area contributed by atoms with Crippen LogP contribution in [0.5, 0.6) is 5.75 Å². The van der Waals surface area contributed by atoms with Gasteiger partial charge in [-0.15, -0.1) is 0 Å². The van der Waals surface area contributed by atoms with E-state index in [0.717, 1.165) is 11.3 Å². The Morgan fingerprint density at radius 2 is 1.93 bits per heavy atom. The lowest BCUT2D eigenvalue weighted by molar-refractivity contribution is 0.0963. The molecular formula is C20H25ClN4O3. The van der Waals surface area contributed by atoms with Crippen molar-refractivity contribution in [3.63, 3.8) is 0 Å². The SMILES string of the molecule is CNC(=O)c1ccc(NC(=O)NCC(c2cccc(OC)c2)N(C)C)cc1Cl. The van der Waals surface area contributed by atoms with E-state index in [0.29, 0.717) is 17.8 Å². The summed E-state index contributed by atoms with van der Waals surface area (Å²) in [4.78, 5) is 26.0. The molecule has 0 aromatic heterocycles. The summed E-state index contributed by atoms with van der Waals surface area (Å²) in [6, 6.07) is 12.1. The first-order chi connectivity index (χ1) is 13.3. The first-order valence-electron chi connectivity index (χ1n) is 8.72. The lowest BCUT2D eigenvalue weighted by Gasteiger charge is -2.25. The quantitative estimate of drug-likeness (QED) is 0.662. The topological polar surface area (TPSA) is 82.7 Å². The Bertz CT molecular complexity index is 842. The molecule has 1 unspecified atom stereocenters. The number of amides is 3. The predicted octanol–water partition coefficient (Wildman–Crippen LogP) is 3.13. The van der Waals surface area contributed by atoms with Gasteiger partial charge < -0.3 is 25.6 Å². The molecule has 2 aromatic rings. The lowest BCUT2D eigenvalue weighted by atomic mass is 10.1. The van der Waals surface area contributed by atoms with Gasteiger partial charge in [0.05, 0.1) is 23.7 Å². The van der Waals surface area contributed by atoms with Crippen molar-refractivity contribution in [2.45, 2.75) is 6.04 Å². The molecule has 0 radical (unpaired) electrons. The normalized spacial score (nSPS) is 11.6. The Balaban J connectivity index is 2.01. The number of methoxy groups -OCH3 is 1. The number of benzene rings is 2. The van der Waals surface area contributed by atoms with Gasteiger partial charge in [-0.2, -0.15) is 0 Å². The van der Waals surface area contributed by atoms with Crippen LogP contribution in [0, 0.1) is 0 Å². The van der Waals surface area contributed by atoms with E-state index in [4.69, 9.17) is 16.3 Å². The summed E-state index contributed by atoms with van der Waals surface area (Å²) in [5.74, 6) is 0.479. The van der Waals surface area contributed by atoms with Crippen molar-refractivity contribution in [2.75, 3.05) is 40.1 Å². The van der Waals surface area contributed by atoms with E-state index in [1.807, 2.05) is 43.3 Å². The summed E-state index contributed by atoms with van der Waals surface area (Å²) in [7, 11) is 7.04.